The molecule has 2 aromatic rings. The zero-order valence-electron chi connectivity index (χ0n) is 17.0. The van der Waals surface area contributed by atoms with Crippen LogP contribution in [0.4, 0.5) is 10.5 Å². The number of hydrogen-bond acceptors (Lipinski definition) is 4. The van der Waals surface area contributed by atoms with Gasteiger partial charge in [-0.2, -0.15) is 0 Å². The van der Waals surface area contributed by atoms with E-state index >= 15 is 0 Å². The third-order valence-electron chi connectivity index (χ3n) is 5.11. The van der Waals surface area contributed by atoms with Crippen molar-refractivity contribution in [3.05, 3.63) is 66.2 Å². The summed E-state index contributed by atoms with van der Waals surface area (Å²) in [6, 6.07) is 18.6. The molecule has 0 aliphatic carbocycles. The number of benzene rings is 2. The van der Waals surface area contributed by atoms with Gasteiger partial charge in [-0.3, -0.25) is 9.59 Å². The summed E-state index contributed by atoms with van der Waals surface area (Å²) in [6.45, 7) is 2.89. The summed E-state index contributed by atoms with van der Waals surface area (Å²) in [4.78, 5) is 38.7. The number of nitrogens with one attached hydrogen (secondary N) is 2. The van der Waals surface area contributed by atoms with Gasteiger partial charge < -0.3 is 20.3 Å². The molecule has 0 unspecified atom stereocenters. The predicted octanol–water partition coefficient (Wildman–Crippen LogP) is 3.18. The fraction of sp³-hybridized carbons (Fsp3) is 0.348. The summed E-state index contributed by atoms with van der Waals surface area (Å²) in [5, 5.41) is 5.62. The van der Waals surface area contributed by atoms with Crippen LogP contribution in [0.1, 0.15) is 25.3 Å². The van der Waals surface area contributed by atoms with Crippen molar-refractivity contribution in [3.8, 4) is 0 Å². The second-order valence-corrected chi connectivity index (χ2v) is 7.34. The smallest absolute Gasteiger partial charge is 0.321 e. The van der Waals surface area contributed by atoms with Gasteiger partial charge in [0.1, 0.15) is 0 Å². The Kier molecular flexibility index (Phi) is 7.43. The van der Waals surface area contributed by atoms with E-state index in [2.05, 4.69) is 10.6 Å². The van der Waals surface area contributed by atoms with Crippen LogP contribution in [0.15, 0.2) is 60.7 Å². The van der Waals surface area contributed by atoms with Gasteiger partial charge in [-0.05, 0) is 37.5 Å². The van der Waals surface area contributed by atoms with Crippen LogP contribution in [0.25, 0.3) is 0 Å². The number of piperidine rings is 1. The lowest BCUT2D eigenvalue weighted by Crippen LogP contribution is -2.44. The van der Waals surface area contributed by atoms with Gasteiger partial charge in [0, 0.05) is 25.3 Å². The summed E-state index contributed by atoms with van der Waals surface area (Å²) >= 11 is 0. The number of anilines is 1. The minimum atomic E-state index is -0.861. The first-order valence-corrected chi connectivity index (χ1v) is 10.2. The van der Waals surface area contributed by atoms with Crippen LogP contribution >= 0.6 is 0 Å². The van der Waals surface area contributed by atoms with Gasteiger partial charge in [-0.25, -0.2) is 4.79 Å². The van der Waals surface area contributed by atoms with Gasteiger partial charge in [-0.1, -0.05) is 48.5 Å². The van der Waals surface area contributed by atoms with E-state index < -0.39 is 6.10 Å². The number of para-hydroxylation sites is 1. The van der Waals surface area contributed by atoms with Crippen molar-refractivity contribution >= 4 is 23.6 Å². The first kappa shape index (κ1) is 21.4. The van der Waals surface area contributed by atoms with Crippen molar-refractivity contribution < 1.29 is 19.1 Å². The summed E-state index contributed by atoms with van der Waals surface area (Å²) in [5.74, 6) is -1.03. The molecule has 158 valence electrons. The van der Waals surface area contributed by atoms with E-state index in [1.54, 1.807) is 11.8 Å². The molecule has 1 fully saturated rings. The molecule has 0 spiro atoms. The monoisotopic (exact) mass is 409 g/mol. The van der Waals surface area contributed by atoms with Crippen LogP contribution < -0.4 is 10.6 Å². The quantitative estimate of drug-likeness (QED) is 0.718. The number of esters is 1. The third-order valence-corrected chi connectivity index (χ3v) is 5.11. The Bertz CT molecular complexity index is 849. The van der Waals surface area contributed by atoms with E-state index in [9.17, 15) is 14.4 Å². The highest BCUT2D eigenvalue weighted by Crippen LogP contribution is 2.20. The third kappa shape index (κ3) is 6.07. The summed E-state index contributed by atoms with van der Waals surface area (Å²) in [7, 11) is 0. The predicted molar refractivity (Wildman–Crippen MR) is 114 cm³/mol. The van der Waals surface area contributed by atoms with Crippen LogP contribution in [0.3, 0.4) is 0 Å². The Balaban J connectivity index is 1.40. The zero-order valence-corrected chi connectivity index (χ0v) is 17.0. The molecule has 7 heteroatoms. The maximum absolute atomic E-state index is 12.4. The Labute approximate surface area is 176 Å². The lowest BCUT2D eigenvalue weighted by molar-refractivity contribution is -0.160. The molecule has 2 N–H and O–H groups in total. The molecule has 1 aliphatic rings. The molecule has 1 aliphatic heterocycles. The maximum atomic E-state index is 12.4. The fourth-order valence-corrected chi connectivity index (χ4v) is 3.30. The Morgan fingerprint density at radius 2 is 1.60 bits per heavy atom. The number of carbonyl (C=O) groups excluding carboxylic acids is 3. The molecule has 0 aromatic heterocycles. The van der Waals surface area contributed by atoms with Gasteiger partial charge in [0.05, 0.1) is 5.92 Å². The van der Waals surface area contributed by atoms with Gasteiger partial charge in [0.25, 0.3) is 5.91 Å². The van der Waals surface area contributed by atoms with Crippen molar-refractivity contribution in [2.24, 2.45) is 5.92 Å². The molecule has 7 nitrogen and oxygen atoms in total. The zero-order chi connectivity index (χ0) is 21.3. The van der Waals surface area contributed by atoms with Crippen LogP contribution in [0.5, 0.6) is 0 Å². The normalized spacial score (nSPS) is 15.2. The lowest BCUT2D eigenvalue weighted by atomic mass is 9.97. The van der Waals surface area contributed by atoms with E-state index in [0.29, 0.717) is 32.5 Å². The lowest BCUT2D eigenvalue weighted by Gasteiger charge is -2.31. The average Bonchev–Trinajstić information content (AvgIpc) is 2.78. The van der Waals surface area contributed by atoms with E-state index in [1.807, 2.05) is 60.7 Å². The van der Waals surface area contributed by atoms with Gasteiger partial charge >= 0.3 is 12.0 Å². The summed E-state index contributed by atoms with van der Waals surface area (Å²) < 4.78 is 5.36. The fourth-order valence-electron chi connectivity index (χ4n) is 3.30. The Morgan fingerprint density at radius 1 is 1.00 bits per heavy atom. The highest BCUT2D eigenvalue weighted by atomic mass is 16.5. The number of rotatable bonds is 6. The number of likely N-dealkylation sites (tertiary alicyclic amines) is 1. The molecule has 3 amide bonds. The molecule has 1 heterocycles. The highest BCUT2D eigenvalue weighted by Gasteiger charge is 2.30. The molecule has 3 rings (SSSR count). The standard InChI is InChI=1S/C23H27N3O4/c1-17(21(27)24-16-18-8-4-2-5-9-18)30-22(28)19-12-14-26(15-13-19)23(29)25-20-10-6-3-7-11-20/h2-11,17,19H,12-16H2,1H3,(H,24,27)(H,25,29)/t17-/m1/s1. The first-order chi connectivity index (χ1) is 14.5. The number of urea groups is 1. The molecule has 0 radical (unpaired) electrons. The Morgan fingerprint density at radius 3 is 2.23 bits per heavy atom. The van der Waals surface area contributed by atoms with Gasteiger partial charge in [-0.15, -0.1) is 0 Å². The minimum absolute atomic E-state index is 0.179. The summed E-state index contributed by atoms with van der Waals surface area (Å²) in [6.07, 6.45) is 0.166. The van der Waals surface area contributed by atoms with Crippen LogP contribution in [-0.2, 0) is 20.9 Å². The number of nitrogens with zero attached hydrogens (tertiary/aromatic N) is 1. The number of carbonyl (C=O) groups is 3. The van der Waals surface area contributed by atoms with E-state index in [1.165, 1.54) is 0 Å². The van der Waals surface area contributed by atoms with Crippen molar-refractivity contribution in [1.29, 1.82) is 0 Å². The highest BCUT2D eigenvalue weighted by molar-refractivity contribution is 5.89. The molecular formula is C23H27N3O4. The molecular weight excluding hydrogens is 382 g/mol. The van der Waals surface area contributed by atoms with Crippen molar-refractivity contribution in [3.63, 3.8) is 0 Å². The maximum Gasteiger partial charge on any atom is 0.321 e. The summed E-state index contributed by atoms with van der Waals surface area (Å²) in [5.41, 5.74) is 1.71. The SMILES string of the molecule is C[C@@H](OC(=O)C1CCN(C(=O)Nc2ccccc2)CC1)C(=O)NCc1ccccc1. The van der Waals surface area contributed by atoms with Crippen LogP contribution in [0.2, 0.25) is 0 Å². The number of ether oxygens (including phenoxy) is 1. The van der Waals surface area contributed by atoms with E-state index in [4.69, 9.17) is 4.74 Å². The molecule has 0 bridgehead atoms. The molecule has 2 aromatic carbocycles. The molecule has 1 saturated heterocycles. The van der Waals surface area contributed by atoms with Gasteiger partial charge in [0.2, 0.25) is 0 Å². The molecule has 30 heavy (non-hydrogen) atoms. The van der Waals surface area contributed by atoms with Crippen molar-refractivity contribution in [2.75, 3.05) is 18.4 Å². The largest absolute Gasteiger partial charge is 0.452 e. The van der Waals surface area contributed by atoms with Crippen molar-refractivity contribution in [1.82, 2.24) is 10.2 Å². The average molecular weight is 409 g/mol. The number of amides is 3. The van der Waals surface area contributed by atoms with E-state index in [-0.39, 0.29) is 23.8 Å². The van der Waals surface area contributed by atoms with Crippen molar-refractivity contribution in [2.45, 2.75) is 32.4 Å². The van der Waals surface area contributed by atoms with E-state index in [0.717, 1.165) is 11.3 Å². The van der Waals surface area contributed by atoms with Gasteiger partial charge in [0.15, 0.2) is 6.10 Å². The van der Waals surface area contributed by atoms with Crippen LogP contribution in [0, 0.1) is 5.92 Å². The topological polar surface area (TPSA) is 87.7 Å². The minimum Gasteiger partial charge on any atom is -0.452 e. The van der Waals surface area contributed by atoms with Crippen LogP contribution in [-0.4, -0.2) is 42.0 Å². The second kappa shape index (κ2) is 10.4. The number of hydrogen-bond donors (Lipinski definition) is 2. The molecule has 1 atom stereocenters. The Hall–Kier alpha value is -3.35. The second-order valence-electron chi connectivity index (χ2n) is 7.34. The molecule has 0 saturated carbocycles. The first-order valence-electron chi connectivity index (χ1n) is 10.2.